The minimum Gasteiger partial charge on any atom is -0.410 e. The molecule has 0 radical (unpaired) electrons. The van der Waals surface area contributed by atoms with Gasteiger partial charge in [-0.2, -0.15) is 0 Å². The summed E-state index contributed by atoms with van der Waals surface area (Å²) in [6.07, 6.45) is -0.947. The summed E-state index contributed by atoms with van der Waals surface area (Å²) in [7, 11) is 0. The van der Waals surface area contributed by atoms with Crippen LogP contribution in [0.15, 0.2) is 36.4 Å². The number of hydrogen-bond acceptors (Lipinski definition) is 2. The van der Waals surface area contributed by atoms with Crippen LogP contribution in [0.3, 0.4) is 0 Å². The average Bonchev–Trinajstić information content (AvgIpc) is 2.34. The molecule has 0 saturated heterocycles. The van der Waals surface area contributed by atoms with Crippen LogP contribution < -0.4 is 10.5 Å². The number of rotatable bonds is 2. The van der Waals surface area contributed by atoms with Gasteiger partial charge in [0.2, 0.25) is 0 Å². The summed E-state index contributed by atoms with van der Waals surface area (Å²) in [4.78, 5) is 10.8. The summed E-state index contributed by atoms with van der Waals surface area (Å²) in [5.41, 5.74) is 6.04. The molecule has 19 heavy (non-hydrogen) atoms. The van der Waals surface area contributed by atoms with Gasteiger partial charge in [0, 0.05) is 10.6 Å². The van der Waals surface area contributed by atoms with Gasteiger partial charge in [-0.1, -0.05) is 29.3 Å². The Kier molecular flexibility index (Phi) is 3.93. The zero-order valence-corrected chi connectivity index (χ0v) is 11.0. The van der Waals surface area contributed by atoms with Crippen molar-refractivity contribution in [1.29, 1.82) is 0 Å². The molecule has 2 N–H and O–H groups in total. The second-order valence-corrected chi connectivity index (χ2v) is 4.53. The highest BCUT2D eigenvalue weighted by Crippen LogP contribution is 2.34. The Morgan fingerprint density at radius 1 is 1.16 bits per heavy atom. The first-order valence-corrected chi connectivity index (χ1v) is 5.95. The largest absolute Gasteiger partial charge is 0.410 e. The smallest absolute Gasteiger partial charge is 0.409 e. The van der Waals surface area contributed by atoms with Gasteiger partial charge in [-0.15, -0.1) is 0 Å². The Morgan fingerprint density at radius 3 is 2.53 bits per heavy atom. The molecule has 2 aromatic carbocycles. The van der Waals surface area contributed by atoms with E-state index in [4.69, 9.17) is 33.7 Å². The van der Waals surface area contributed by atoms with Gasteiger partial charge < -0.3 is 10.5 Å². The number of carbonyl (C=O) groups excluding carboxylic acids is 1. The fourth-order valence-corrected chi connectivity index (χ4v) is 1.94. The van der Waals surface area contributed by atoms with Crippen LogP contribution in [0.2, 0.25) is 10.0 Å². The molecule has 0 aliphatic carbocycles. The Hall–Kier alpha value is -1.78. The minimum atomic E-state index is -0.947. The molecule has 0 saturated carbocycles. The zero-order valence-electron chi connectivity index (χ0n) is 9.49. The fraction of sp³-hybridized carbons (Fsp3) is 0. The molecule has 98 valence electrons. The summed E-state index contributed by atoms with van der Waals surface area (Å²) in [6, 6.07) is 8.75. The van der Waals surface area contributed by atoms with Crippen molar-refractivity contribution in [2.45, 2.75) is 0 Å². The molecule has 2 aromatic rings. The van der Waals surface area contributed by atoms with Crippen LogP contribution >= 0.6 is 23.2 Å². The number of halogens is 3. The van der Waals surface area contributed by atoms with E-state index in [1.807, 2.05) is 0 Å². The molecule has 0 atom stereocenters. The van der Waals surface area contributed by atoms with Crippen molar-refractivity contribution in [2.24, 2.45) is 5.73 Å². The molecule has 0 aliphatic rings. The summed E-state index contributed by atoms with van der Waals surface area (Å²) in [6.45, 7) is 0. The van der Waals surface area contributed by atoms with Crippen LogP contribution in [-0.4, -0.2) is 6.09 Å². The van der Waals surface area contributed by atoms with Crippen molar-refractivity contribution in [3.63, 3.8) is 0 Å². The molecular formula is C13H8Cl2FNO2. The predicted molar refractivity (Wildman–Crippen MR) is 72.1 cm³/mol. The van der Waals surface area contributed by atoms with Gasteiger partial charge in [-0.3, -0.25) is 0 Å². The van der Waals surface area contributed by atoms with Crippen molar-refractivity contribution >= 4 is 29.3 Å². The van der Waals surface area contributed by atoms with Crippen LogP contribution in [0.1, 0.15) is 0 Å². The Labute approximate surface area is 118 Å². The van der Waals surface area contributed by atoms with Crippen molar-refractivity contribution < 1.29 is 13.9 Å². The van der Waals surface area contributed by atoms with Crippen LogP contribution in [-0.2, 0) is 0 Å². The predicted octanol–water partition coefficient (Wildman–Crippen LogP) is 4.26. The monoisotopic (exact) mass is 299 g/mol. The number of primary amides is 1. The average molecular weight is 300 g/mol. The second-order valence-electron chi connectivity index (χ2n) is 3.69. The van der Waals surface area contributed by atoms with Gasteiger partial charge in [0.15, 0.2) is 0 Å². The molecule has 0 unspecified atom stereocenters. The van der Waals surface area contributed by atoms with Crippen molar-refractivity contribution in [3.8, 4) is 16.9 Å². The number of carbonyl (C=O) groups is 1. The van der Waals surface area contributed by atoms with E-state index in [1.165, 1.54) is 24.3 Å². The maximum Gasteiger partial charge on any atom is 0.409 e. The van der Waals surface area contributed by atoms with Gasteiger partial charge in [-0.05, 0) is 35.9 Å². The summed E-state index contributed by atoms with van der Waals surface area (Å²) >= 11 is 11.6. The van der Waals surface area contributed by atoms with Crippen LogP contribution in [0.4, 0.5) is 9.18 Å². The SMILES string of the molecule is NC(=O)Oc1ccc(Cl)cc1-c1ccc(F)c(Cl)c1. The van der Waals surface area contributed by atoms with E-state index in [2.05, 4.69) is 0 Å². The molecule has 6 heteroatoms. The molecule has 0 bridgehead atoms. The van der Waals surface area contributed by atoms with E-state index >= 15 is 0 Å². The van der Waals surface area contributed by atoms with E-state index in [0.717, 1.165) is 0 Å². The quantitative estimate of drug-likeness (QED) is 0.901. The maximum atomic E-state index is 13.1. The lowest BCUT2D eigenvalue weighted by atomic mass is 10.0. The third kappa shape index (κ3) is 3.16. The van der Waals surface area contributed by atoms with Crippen LogP contribution in [0, 0.1) is 5.82 Å². The van der Waals surface area contributed by atoms with Gasteiger partial charge in [0.25, 0.3) is 0 Å². The Bertz CT molecular complexity index is 647. The zero-order chi connectivity index (χ0) is 14.0. The van der Waals surface area contributed by atoms with E-state index in [9.17, 15) is 9.18 Å². The standard InChI is InChI=1S/C13H8Cl2FNO2/c14-8-2-4-12(19-13(17)18)9(6-8)7-1-3-11(16)10(15)5-7/h1-6H,(H2,17,18). The highest BCUT2D eigenvalue weighted by Gasteiger charge is 2.11. The van der Waals surface area contributed by atoms with Crippen LogP contribution in [0.5, 0.6) is 5.75 Å². The first kappa shape index (κ1) is 13.6. The molecule has 3 nitrogen and oxygen atoms in total. The van der Waals surface area contributed by atoms with Gasteiger partial charge in [0.05, 0.1) is 5.02 Å². The lowest BCUT2D eigenvalue weighted by molar-refractivity contribution is 0.211. The van der Waals surface area contributed by atoms with Gasteiger partial charge in [-0.25, -0.2) is 9.18 Å². The molecule has 0 spiro atoms. The Balaban J connectivity index is 2.55. The summed E-state index contributed by atoms with van der Waals surface area (Å²) in [5, 5.41) is 0.398. The molecule has 0 heterocycles. The highest BCUT2D eigenvalue weighted by molar-refractivity contribution is 6.31. The van der Waals surface area contributed by atoms with Crippen molar-refractivity contribution in [1.82, 2.24) is 0 Å². The highest BCUT2D eigenvalue weighted by atomic mass is 35.5. The lowest BCUT2D eigenvalue weighted by Crippen LogP contribution is -2.16. The van der Waals surface area contributed by atoms with E-state index in [0.29, 0.717) is 16.1 Å². The van der Waals surface area contributed by atoms with E-state index in [-0.39, 0.29) is 10.8 Å². The number of hydrogen-bond donors (Lipinski definition) is 1. The van der Waals surface area contributed by atoms with Gasteiger partial charge >= 0.3 is 6.09 Å². The first-order chi connectivity index (χ1) is 8.97. The normalized spacial score (nSPS) is 10.3. The third-order valence-electron chi connectivity index (χ3n) is 2.38. The van der Waals surface area contributed by atoms with Gasteiger partial charge in [0.1, 0.15) is 11.6 Å². The van der Waals surface area contributed by atoms with E-state index in [1.54, 1.807) is 12.1 Å². The fourth-order valence-electron chi connectivity index (χ4n) is 1.59. The molecule has 2 rings (SSSR count). The molecule has 0 aliphatic heterocycles. The number of benzene rings is 2. The number of amides is 1. The summed E-state index contributed by atoms with van der Waals surface area (Å²) in [5.74, 6) is -0.315. The van der Waals surface area contributed by atoms with Crippen molar-refractivity contribution in [2.75, 3.05) is 0 Å². The molecule has 1 amide bonds. The maximum absolute atomic E-state index is 13.1. The minimum absolute atomic E-state index is 0.0394. The molecule has 0 aromatic heterocycles. The first-order valence-electron chi connectivity index (χ1n) is 5.19. The summed E-state index contributed by atoms with van der Waals surface area (Å²) < 4.78 is 18.0. The van der Waals surface area contributed by atoms with Crippen LogP contribution in [0.25, 0.3) is 11.1 Å². The second kappa shape index (κ2) is 5.47. The topological polar surface area (TPSA) is 52.3 Å². The molecular weight excluding hydrogens is 292 g/mol. The Morgan fingerprint density at radius 2 is 1.89 bits per heavy atom. The lowest BCUT2D eigenvalue weighted by Gasteiger charge is -2.10. The van der Waals surface area contributed by atoms with E-state index < -0.39 is 11.9 Å². The number of ether oxygens (including phenoxy) is 1. The molecule has 0 fully saturated rings. The van der Waals surface area contributed by atoms with Crippen molar-refractivity contribution in [3.05, 3.63) is 52.3 Å². The third-order valence-corrected chi connectivity index (χ3v) is 2.91. The number of nitrogens with two attached hydrogens (primary N) is 1.